The highest BCUT2D eigenvalue weighted by molar-refractivity contribution is 7.58. The molecule has 0 heterocycles. The van der Waals surface area contributed by atoms with E-state index in [2.05, 4.69) is 0 Å². The van der Waals surface area contributed by atoms with Gasteiger partial charge in [-0.2, -0.15) is 0 Å². The molecule has 0 fully saturated rings. The van der Waals surface area contributed by atoms with Crippen LogP contribution in [0.5, 0.6) is 0 Å². The van der Waals surface area contributed by atoms with Crippen LogP contribution in [0.4, 0.5) is 0 Å². The topological polar surface area (TPSA) is 46.5 Å². The van der Waals surface area contributed by atoms with Crippen LogP contribution in [0.1, 0.15) is 13.8 Å². The molecule has 0 aromatic rings. The van der Waals surface area contributed by atoms with Gasteiger partial charge in [0.1, 0.15) is 5.85 Å². The van der Waals surface area contributed by atoms with E-state index in [-0.39, 0.29) is 6.16 Å². The summed E-state index contributed by atoms with van der Waals surface area (Å²) < 4.78 is 15.6. The summed E-state index contributed by atoms with van der Waals surface area (Å²) in [7, 11) is -1.55. The van der Waals surface area contributed by atoms with Crippen LogP contribution in [-0.2, 0) is 9.30 Å². The van der Waals surface area contributed by atoms with Crippen LogP contribution in [0.25, 0.3) is 0 Å². The second-order valence-electron chi connectivity index (χ2n) is 1.91. The first-order chi connectivity index (χ1) is 4.04. The average Bonchev–Trinajstić information content (AvgIpc) is 1.86. The molecule has 2 atom stereocenters. The zero-order valence-electron chi connectivity index (χ0n) is 6.00. The monoisotopic (exact) mass is 152 g/mol. The Balaban J connectivity index is 3.98. The summed E-state index contributed by atoms with van der Waals surface area (Å²) in [5, 5.41) is 0. The number of rotatable bonds is 3. The lowest BCUT2D eigenvalue weighted by Crippen LogP contribution is -2.06. The van der Waals surface area contributed by atoms with Gasteiger partial charge in [-0.05, 0) is 6.92 Å². The number of hydrogen-bond donors (Lipinski definition) is 1. The first-order valence-corrected chi connectivity index (χ1v) is 4.80. The van der Waals surface area contributed by atoms with Crippen molar-refractivity contribution in [3.63, 3.8) is 0 Å². The minimum Gasteiger partial charge on any atom is -0.372 e. The van der Waals surface area contributed by atoms with Crippen LogP contribution in [-0.4, -0.2) is 24.0 Å². The third-order valence-electron chi connectivity index (χ3n) is 1.36. The third kappa shape index (κ3) is 2.48. The van der Waals surface area contributed by atoms with Gasteiger partial charge in [0.05, 0.1) is 0 Å². The number of ether oxygens (including phenoxy) is 1. The molecule has 0 radical (unpaired) electrons. The first kappa shape index (κ1) is 9.15. The van der Waals surface area contributed by atoms with Crippen LogP contribution in [0, 0.1) is 0 Å². The summed E-state index contributed by atoms with van der Waals surface area (Å²) in [5.74, 6) is -0.525. The van der Waals surface area contributed by atoms with Gasteiger partial charge in [-0.1, -0.05) is 6.92 Å². The van der Waals surface area contributed by atoms with Crippen molar-refractivity contribution in [3.8, 4) is 0 Å². The summed E-state index contributed by atoms with van der Waals surface area (Å²) in [5.41, 5.74) is 0. The maximum Gasteiger partial charge on any atom is 0.227 e. The SMILES string of the molecule is CCP(=O)(O)C(C)OC. The van der Waals surface area contributed by atoms with Gasteiger partial charge in [-0.15, -0.1) is 0 Å². The molecular weight excluding hydrogens is 139 g/mol. The summed E-state index contributed by atoms with van der Waals surface area (Å²) in [4.78, 5) is 9.02. The van der Waals surface area contributed by atoms with Gasteiger partial charge in [0.25, 0.3) is 0 Å². The molecule has 0 aliphatic carbocycles. The molecule has 0 aromatic carbocycles. The van der Waals surface area contributed by atoms with E-state index in [1.165, 1.54) is 7.11 Å². The summed E-state index contributed by atoms with van der Waals surface area (Å²) in [6.45, 7) is 3.28. The largest absolute Gasteiger partial charge is 0.372 e. The number of methoxy groups -OCH3 is 1. The van der Waals surface area contributed by atoms with Crippen molar-refractivity contribution in [2.24, 2.45) is 0 Å². The average molecular weight is 152 g/mol. The van der Waals surface area contributed by atoms with E-state index < -0.39 is 13.2 Å². The predicted octanol–water partition coefficient (Wildman–Crippen LogP) is 1.27. The zero-order valence-corrected chi connectivity index (χ0v) is 6.89. The van der Waals surface area contributed by atoms with Crippen LogP contribution in [0.3, 0.4) is 0 Å². The van der Waals surface area contributed by atoms with Crippen LogP contribution in [0.2, 0.25) is 0 Å². The Labute approximate surface area is 55.5 Å². The van der Waals surface area contributed by atoms with E-state index in [4.69, 9.17) is 9.63 Å². The second kappa shape index (κ2) is 3.35. The molecule has 0 amide bonds. The fourth-order valence-electron chi connectivity index (χ4n) is 0.422. The smallest absolute Gasteiger partial charge is 0.227 e. The second-order valence-corrected chi connectivity index (χ2v) is 4.78. The molecule has 9 heavy (non-hydrogen) atoms. The standard InChI is InChI=1S/C5H13O3P/c1-4-9(6,7)5(2)8-3/h5H,4H2,1-3H3,(H,6,7). The van der Waals surface area contributed by atoms with E-state index >= 15 is 0 Å². The van der Waals surface area contributed by atoms with Crippen LogP contribution >= 0.6 is 7.37 Å². The van der Waals surface area contributed by atoms with Crippen LogP contribution in [0.15, 0.2) is 0 Å². The Kier molecular flexibility index (Phi) is 3.41. The van der Waals surface area contributed by atoms with Crippen molar-refractivity contribution in [1.29, 1.82) is 0 Å². The molecule has 0 aliphatic heterocycles. The minimum absolute atomic E-state index is 0.280. The lowest BCUT2D eigenvalue weighted by atomic mass is 10.9. The Hall–Kier alpha value is 0.150. The van der Waals surface area contributed by atoms with Gasteiger partial charge in [-0.3, -0.25) is 4.57 Å². The molecule has 56 valence electrons. The Morgan fingerprint density at radius 2 is 2.22 bits per heavy atom. The first-order valence-electron chi connectivity index (χ1n) is 2.89. The normalized spacial score (nSPS) is 20.9. The van der Waals surface area contributed by atoms with E-state index in [1.807, 2.05) is 0 Å². The summed E-state index contributed by atoms with van der Waals surface area (Å²) in [6, 6.07) is 0. The van der Waals surface area contributed by atoms with Crippen LogP contribution < -0.4 is 0 Å². The molecule has 4 heteroatoms. The van der Waals surface area contributed by atoms with Crippen molar-refractivity contribution >= 4 is 7.37 Å². The van der Waals surface area contributed by atoms with Crippen molar-refractivity contribution in [1.82, 2.24) is 0 Å². The van der Waals surface area contributed by atoms with Gasteiger partial charge in [0, 0.05) is 13.3 Å². The Bertz CT molecular complexity index is 123. The highest BCUT2D eigenvalue weighted by Crippen LogP contribution is 2.45. The van der Waals surface area contributed by atoms with Gasteiger partial charge in [-0.25, -0.2) is 0 Å². The van der Waals surface area contributed by atoms with E-state index in [0.717, 1.165) is 0 Å². The highest BCUT2D eigenvalue weighted by atomic mass is 31.2. The molecule has 0 aromatic heterocycles. The van der Waals surface area contributed by atoms with Crippen molar-refractivity contribution < 1.29 is 14.2 Å². The number of hydrogen-bond acceptors (Lipinski definition) is 2. The van der Waals surface area contributed by atoms with Crippen molar-refractivity contribution in [2.75, 3.05) is 13.3 Å². The summed E-state index contributed by atoms with van der Waals surface area (Å²) in [6.07, 6.45) is 0.280. The third-order valence-corrected chi connectivity index (χ3v) is 3.62. The van der Waals surface area contributed by atoms with Gasteiger partial charge in [0.15, 0.2) is 0 Å². The zero-order chi connectivity index (χ0) is 7.49. The van der Waals surface area contributed by atoms with Crippen molar-refractivity contribution in [2.45, 2.75) is 19.7 Å². The molecule has 0 spiro atoms. The van der Waals surface area contributed by atoms with E-state index in [9.17, 15) is 4.57 Å². The highest BCUT2D eigenvalue weighted by Gasteiger charge is 2.23. The summed E-state index contributed by atoms with van der Waals surface area (Å²) >= 11 is 0. The van der Waals surface area contributed by atoms with Gasteiger partial charge in [0.2, 0.25) is 7.37 Å². The van der Waals surface area contributed by atoms with Gasteiger partial charge >= 0.3 is 0 Å². The lowest BCUT2D eigenvalue weighted by Gasteiger charge is -2.14. The molecular formula is C5H13O3P. The van der Waals surface area contributed by atoms with E-state index in [1.54, 1.807) is 13.8 Å². The predicted molar refractivity (Wildman–Crippen MR) is 36.8 cm³/mol. The Morgan fingerprint density at radius 3 is 2.33 bits per heavy atom. The van der Waals surface area contributed by atoms with E-state index in [0.29, 0.717) is 0 Å². The molecule has 0 bridgehead atoms. The fourth-order valence-corrected chi connectivity index (χ4v) is 1.27. The lowest BCUT2D eigenvalue weighted by molar-refractivity contribution is 0.166. The Morgan fingerprint density at radius 1 is 1.78 bits per heavy atom. The molecule has 0 saturated heterocycles. The quantitative estimate of drug-likeness (QED) is 0.619. The molecule has 3 nitrogen and oxygen atoms in total. The molecule has 2 unspecified atom stereocenters. The molecule has 1 N–H and O–H groups in total. The fraction of sp³-hybridized carbons (Fsp3) is 1.00. The van der Waals surface area contributed by atoms with Gasteiger partial charge < -0.3 is 9.63 Å². The minimum atomic E-state index is -2.99. The molecule has 0 rings (SSSR count). The maximum absolute atomic E-state index is 10.9. The molecule has 0 aliphatic rings. The molecule has 0 saturated carbocycles. The van der Waals surface area contributed by atoms with Crippen molar-refractivity contribution in [3.05, 3.63) is 0 Å². The maximum atomic E-state index is 10.9.